The van der Waals surface area contributed by atoms with Crippen molar-refractivity contribution in [1.29, 1.82) is 0 Å². The molecule has 2 unspecified atom stereocenters. The third kappa shape index (κ3) is 2.96. The van der Waals surface area contributed by atoms with E-state index in [9.17, 15) is 0 Å². The first kappa shape index (κ1) is 21.3. The van der Waals surface area contributed by atoms with Gasteiger partial charge in [0.2, 0.25) is 0 Å². The van der Waals surface area contributed by atoms with Gasteiger partial charge in [0.15, 0.2) is 0 Å². The minimum absolute atomic E-state index is 0.0272. The maximum atomic E-state index is 6.39. The van der Waals surface area contributed by atoms with Crippen LogP contribution in [0.15, 0.2) is 127 Å². The number of hydrogen-bond acceptors (Lipinski definition) is 2. The van der Waals surface area contributed by atoms with E-state index >= 15 is 0 Å². The van der Waals surface area contributed by atoms with E-state index in [-0.39, 0.29) is 12.0 Å². The molecule has 1 aliphatic heterocycles. The van der Waals surface area contributed by atoms with Crippen LogP contribution in [0.5, 0.6) is 5.75 Å². The number of para-hydroxylation sites is 3. The van der Waals surface area contributed by atoms with Gasteiger partial charge < -0.3 is 9.30 Å². The summed E-state index contributed by atoms with van der Waals surface area (Å²) in [6.45, 7) is 0. The van der Waals surface area contributed by atoms with Crippen LogP contribution in [-0.2, 0) is 0 Å². The summed E-state index contributed by atoms with van der Waals surface area (Å²) in [6.07, 6.45) is 6.98. The van der Waals surface area contributed by atoms with Gasteiger partial charge in [0.1, 0.15) is 11.9 Å². The lowest BCUT2D eigenvalue weighted by molar-refractivity contribution is 0.269. The summed E-state index contributed by atoms with van der Waals surface area (Å²) < 4.78 is 11.5. The quantitative estimate of drug-likeness (QED) is 0.223. The maximum absolute atomic E-state index is 6.39. The summed E-state index contributed by atoms with van der Waals surface area (Å²) in [5, 5.41) is 5.20. The zero-order chi connectivity index (χ0) is 25.5. The molecule has 0 bridgehead atoms. The summed E-state index contributed by atoms with van der Waals surface area (Å²) >= 11 is 1.88. The number of ether oxygens (including phenoxy) is 1. The zero-order valence-corrected chi connectivity index (χ0v) is 21.9. The van der Waals surface area contributed by atoms with Crippen LogP contribution in [0.2, 0.25) is 0 Å². The second kappa shape index (κ2) is 7.95. The summed E-state index contributed by atoms with van der Waals surface area (Å²) in [4.78, 5) is 0. The van der Waals surface area contributed by atoms with Crippen LogP contribution in [0.25, 0.3) is 53.2 Å². The van der Waals surface area contributed by atoms with Gasteiger partial charge >= 0.3 is 0 Å². The van der Waals surface area contributed by atoms with Crippen molar-refractivity contribution in [3.05, 3.63) is 139 Å². The fourth-order valence-corrected chi connectivity index (χ4v) is 7.84. The Bertz CT molecular complexity index is 2120. The van der Waals surface area contributed by atoms with E-state index in [0.29, 0.717) is 0 Å². The van der Waals surface area contributed by atoms with Crippen molar-refractivity contribution in [2.75, 3.05) is 0 Å². The normalized spacial score (nSPS) is 18.0. The van der Waals surface area contributed by atoms with Crippen LogP contribution >= 0.6 is 11.3 Å². The number of thiophene rings is 1. The smallest absolute Gasteiger partial charge is 0.128 e. The second-order valence-corrected chi connectivity index (χ2v) is 11.5. The van der Waals surface area contributed by atoms with Crippen LogP contribution in [-0.4, -0.2) is 10.7 Å². The lowest BCUT2D eigenvalue weighted by Crippen LogP contribution is -2.17. The Hall–Kier alpha value is -4.60. The van der Waals surface area contributed by atoms with Gasteiger partial charge in [-0.15, -0.1) is 11.3 Å². The highest BCUT2D eigenvalue weighted by Gasteiger charge is 2.33. The Morgan fingerprint density at radius 2 is 1.33 bits per heavy atom. The average Bonchev–Trinajstić information content (AvgIpc) is 3.66. The molecule has 2 atom stereocenters. The van der Waals surface area contributed by atoms with Crippen LogP contribution < -0.4 is 4.74 Å². The maximum Gasteiger partial charge on any atom is 0.128 e. The summed E-state index contributed by atoms with van der Waals surface area (Å²) in [7, 11) is 0. The zero-order valence-electron chi connectivity index (χ0n) is 21.0. The van der Waals surface area contributed by atoms with Crippen molar-refractivity contribution in [2.24, 2.45) is 0 Å². The number of rotatable bonds is 2. The fraction of sp³-hybridized carbons (Fsp3) is 0.0556. The topological polar surface area (TPSA) is 14.2 Å². The van der Waals surface area contributed by atoms with Crippen molar-refractivity contribution in [2.45, 2.75) is 12.0 Å². The molecule has 0 radical (unpaired) electrons. The molecular weight excluding hydrogens is 494 g/mol. The molecule has 7 aromatic rings. The second-order valence-electron chi connectivity index (χ2n) is 10.4. The molecule has 2 nitrogen and oxygen atoms in total. The Morgan fingerprint density at radius 1 is 0.641 bits per heavy atom. The van der Waals surface area contributed by atoms with Gasteiger partial charge in [-0.25, -0.2) is 0 Å². The predicted molar refractivity (Wildman–Crippen MR) is 164 cm³/mol. The molecule has 0 N–H and O–H groups in total. The van der Waals surface area contributed by atoms with E-state index in [2.05, 4.69) is 132 Å². The largest absolute Gasteiger partial charge is 0.485 e. The van der Waals surface area contributed by atoms with E-state index in [1.807, 2.05) is 11.3 Å². The van der Waals surface area contributed by atoms with Gasteiger partial charge in [0.05, 0.1) is 16.7 Å². The molecule has 5 aromatic carbocycles. The van der Waals surface area contributed by atoms with E-state index in [1.54, 1.807) is 0 Å². The SMILES string of the molecule is C1=CC2c3ccccc3OC2C=C1c1cccc2sc3cccc(-n4c5ccccc5c5ccccc54)c3c12. The van der Waals surface area contributed by atoms with E-state index < -0.39 is 0 Å². The first-order chi connectivity index (χ1) is 19.3. The third-order valence-corrected chi connectivity index (χ3v) is 9.47. The Balaban J connectivity index is 1.31. The minimum Gasteiger partial charge on any atom is -0.485 e. The molecular formula is C36H23NOS. The van der Waals surface area contributed by atoms with E-state index in [1.165, 1.54) is 64.4 Å². The van der Waals surface area contributed by atoms with Crippen LogP contribution in [0.3, 0.4) is 0 Å². The highest BCUT2D eigenvalue weighted by Crippen LogP contribution is 2.47. The number of benzene rings is 5. The first-order valence-electron chi connectivity index (χ1n) is 13.4. The number of aromatic nitrogens is 1. The molecule has 39 heavy (non-hydrogen) atoms. The molecule has 0 saturated carbocycles. The molecule has 0 amide bonds. The van der Waals surface area contributed by atoms with Gasteiger partial charge in [0.25, 0.3) is 0 Å². The third-order valence-electron chi connectivity index (χ3n) is 8.35. The number of hydrogen-bond donors (Lipinski definition) is 0. The van der Waals surface area contributed by atoms with Crippen LogP contribution in [0, 0.1) is 0 Å². The molecule has 0 fully saturated rings. The summed E-state index contributed by atoms with van der Waals surface area (Å²) in [5.41, 5.74) is 7.47. The molecule has 3 heteroatoms. The fourth-order valence-electron chi connectivity index (χ4n) is 6.69. The molecule has 2 aliphatic rings. The van der Waals surface area contributed by atoms with Crippen molar-refractivity contribution in [1.82, 2.24) is 4.57 Å². The van der Waals surface area contributed by atoms with Gasteiger partial charge in [-0.3, -0.25) is 0 Å². The molecule has 3 heterocycles. The van der Waals surface area contributed by atoms with Crippen LogP contribution in [0.1, 0.15) is 17.0 Å². The number of allylic oxidation sites excluding steroid dienone is 2. The molecule has 1 aliphatic carbocycles. The Kier molecular flexibility index (Phi) is 4.35. The highest BCUT2D eigenvalue weighted by atomic mass is 32.1. The predicted octanol–water partition coefficient (Wildman–Crippen LogP) is 9.65. The number of fused-ring (bicyclic) bond motifs is 9. The van der Waals surface area contributed by atoms with Gasteiger partial charge in [-0.1, -0.05) is 84.9 Å². The summed E-state index contributed by atoms with van der Waals surface area (Å²) in [5.74, 6) is 1.28. The van der Waals surface area contributed by atoms with Crippen molar-refractivity contribution >= 4 is 58.9 Å². The molecule has 0 saturated heterocycles. The molecule has 184 valence electrons. The minimum atomic E-state index is 0.0272. The van der Waals surface area contributed by atoms with Gasteiger partial charge in [-0.05, 0) is 53.6 Å². The lowest BCUT2D eigenvalue weighted by atomic mass is 9.86. The highest BCUT2D eigenvalue weighted by molar-refractivity contribution is 7.26. The Labute approximate surface area is 229 Å². The van der Waals surface area contributed by atoms with Gasteiger partial charge in [-0.2, -0.15) is 0 Å². The van der Waals surface area contributed by atoms with E-state index in [4.69, 9.17) is 4.74 Å². The van der Waals surface area contributed by atoms with Crippen molar-refractivity contribution in [3.63, 3.8) is 0 Å². The molecule has 9 rings (SSSR count). The lowest BCUT2D eigenvalue weighted by Gasteiger charge is -2.19. The first-order valence-corrected chi connectivity index (χ1v) is 14.3. The molecule has 2 aromatic heterocycles. The molecule has 0 spiro atoms. The van der Waals surface area contributed by atoms with E-state index in [0.717, 1.165) is 5.75 Å². The van der Waals surface area contributed by atoms with Crippen LogP contribution in [0.4, 0.5) is 0 Å². The average molecular weight is 518 g/mol. The monoisotopic (exact) mass is 517 g/mol. The van der Waals surface area contributed by atoms with Gasteiger partial charge in [0, 0.05) is 42.4 Å². The van der Waals surface area contributed by atoms with Crippen molar-refractivity contribution in [3.8, 4) is 11.4 Å². The summed E-state index contributed by atoms with van der Waals surface area (Å²) in [6, 6.07) is 39.4. The number of nitrogens with zero attached hydrogens (tertiary/aromatic N) is 1. The Morgan fingerprint density at radius 3 is 2.15 bits per heavy atom. The standard InChI is InChI=1S/C36H23NOS/c1-4-13-28-24(9-1)25-10-2-5-14-29(25)37(28)30-15-8-18-34-36(30)35-23(12-7-17-33(35)39-34)22-19-20-27-26-11-3-6-16-31(26)38-32(27)21-22/h1-21,27,32H. The van der Waals surface area contributed by atoms with Crippen molar-refractivity contribution < 1.29 is 4.74 Å².